The average molecular weight is 220 g/mol. The molecule has 0 atom stereocenters. The number of carboxylic acid groups (broad SMARTS) is 1. The van der Waals surface area contributed by atoms with Crippen molar-refractivity contribution in [1.29, 1.82) is 0 Å². The van der Waals surface area contributed by atoms with Crippen LogP contribution in [0.1, 0.15) is 29.3 Å². The summed E-state index contributed by atoms with van der Waals surface area (Å²) >= 11 is 0. The van der Waals surface area contributed by atoms with Gasteiger partial charge in [-0.1, -0.05) is 19.6 Å². The molecule has 0 saturated carbocycles. The SMILES string of the molecule is C=C(CC)COc1cc(C)ccc1C(=O)O. The van der Waals surface area contributed by atoms with Gasteiger partial charge in [0.25, 0.3) is 0 Å². The molecule has 1 aromatic rings. The van der Waals surface area contributed by atoms with Crippen LogP contribution in [0.3, 0.4) is 0 Å². The van der Waals surface area contributed by atoms with Crippen LogP contribution in [0.15, 0.2) is 30.4 Å². The molecule has 0 aliphatic carbocycles. The Balaban J connectivity index is 2.88. The lowest BCUT2D eigenvalue weighted by Gasteiger charge is -2.10. The first kappa shape index (κ1) is 12.3. The molecular formula is C13H16O3. The molecule has 0 saturated heterocycles. The van der Waals surface area contributed by atoms with Crippen molar-refractivity contribution >= 4 is 5.97 Å². The molecule has 0 spiro atoms. The predicted octanol–water partition coefficient (Wildman–Crippen LogP) is 3.04. The third kappa shape index (κ3) is 3.12. The van der Waals surface area contributed by atoms with Gasteiger partial charge < -0.3 is 9.84 Å². The van der Waals surface area contributed by atoms with Crippen molar-refractivity contribution in [1.82, 2.24) is 0 Å². The number of carbonyl (C=O) groups is 1. The maximum absolute atomic E-state index is 10.9. The minimum absolute atomic E-state index is 0.189. The Morgan fingerprint density at radius 3 is 2.75 bits per heavy atom. The highest BCUT2D eigenvalue weighted by Crippen LogP contribution is 2.21. The molecule has 0 aliphatic heterocycles. The van der Waals surface area contributed by atoms with Gasteiger partial charge in [-0.25, -0.2) is 4.79 Å². The third-order valence-corrected chi connectivity index (χ3v) is 2.30. The molecule has 3 heteroatoms. The average Bonchev–Trinajstić information content (AvgIpc) is 2.25. The minimum atomic E-state index is -0.975. The van der Waals surface area contributed by atoms with E-state index < -0.39 is 5.97 Å². The van der Waals surface area contributed by atoms with Gasteiger partial charge in [-0.05, 0) is 36.6 Å². The number of benzene rings is 1. The van der Waals surface area contributed by atoms with Crippen LogP contribution in [-0.2, 0) is 0 Å². The van der Waals surface area contributed by atoms with Crippen LogP contribution in [0.25, 0.3) is 0 Å². The van der Waals surface area contributed by atoms with Crippen LogP contribution >= 0.6 is 0 Å². The number of rotatable bonds is 5. The summed E-state index contributed by atoms with van der Waals surface area (Å²) in [6.45, 7) is 8.06. The summed E-state index contributed by atoms with van der Waals surface area (Å²) in [5.74, 6) is -0.570. The van der Waals surface area contributed by atoms with E-state index in [9.17, 15) is 4.79 Å². The molecule has 1 aromatic carbocycles. The molecule has 1 N–H and O–H groups in total. The topological polar surface area (TPSA) is 46.5 Å². The third-order valence-electron chi connectivity index (χ3n) is 2.30. The van der Waals surface area contributed by atoms with Gasteiger partial charge in [0.1, 0.15) is 17.9 Å². The second-order valence-electron chi connectivity index (χ2n) is 3.70. The normalized spacial score (nSPS) is 9.88. The van der Waals surface area contributed by atoms with E-state index in [1.54, 1.807) is 18.2 Å². The summed E-state index contributed by atoms with van der Waals surface area (Å²) in [5.41, 5.74) is 2.11. The van der Waals surface area contributed by atoms with Crippen molar-refractivity contribution in [2.45, 2.75) is 20.3 Å². The Kier molecular flexibility index (Phi) is 4.11. The van der Waals surface area contributed by atoms with Crippen LogP contribution in [0.4, 0.5) is 0 Å². The van der Waals surface area contributed by atoms with E-state index in [2.05, 4.69) is 6.58 Å². The van der Waals surface area contributed by atoms with Crippen LogP contribution in [-0.4, -0.2) is 17.7 Å². The zero-order valence-electron chi connectivity index (χ0n) is 9.62. The highest BCUT2D eigenvalue weighted by Gasteiger charge is 2.11. The van der Waals surface area contributed by atoms with Gasteiger partial charge in [0, 0.05) is 0 Å². The molecule has 0 fully saturated rings. The molecule has 0 unspecified atom stereocenters. The molecule has 0 amide bonds. The van der Waals surface area contributed by atoms with E-state index >= 15 is 0 Å². The van der Waals surface area contributed by atoms with Gasteiger partial charge in [0.15, 0.2) is 0 Å². The lowest BCUT2D eigenvalue weighted by molar-refractivity contribution is 0.0692. The van der Waals surface area contributed by atoms with Gasteiger partial charge in [0.05, 0.1) is 0 Å². The van der Waals surface area contributed by atoms with E-state index in [1.807, 2.05) is 13.8 Å². The first-order valence-corrected chi connectivity index (χ1v) is 5.18. The maximum atomic E-state index is 10.9. The van der Waals surface area contributed by atoms with Gasteiger partial charge in [-0.15, -0.1) is 0 Å². The van der Waals surface area contributed by atoms with E-state index in [0.29, 0.717) is 12.4 Å². The largest absolute Gasteiger partial charge is 0.488 e. The zero-order chi connectivity index (χ0) is 12.1. The molecule has 0 radical (unpaired) electrons. The first-order chi connectivity index (χ1) is 7.54. The van der Waals surface area contributed by atoms with Crippen molar-refractivity contribution in [3.05, 3.63) is 41.5 Å². The molecule has 16 heavy (non-hydrogen) atoms. The standard InChI is InChI=1S/C13H16O3/c1-4-9(2)8-16-12-7-10(3)5-6-11(12)13(14)15/h5-7H,2,4,8H2,1,3H3,(H,14,15). The summed E-state index contributed by atoms with van der Waals surface area (Å²) in [6, 6.07) is 5.04. The molecule has 3 nitrogen and oxygen atoms in total. The fourth-order valence-corrected chi connectivity index (χ4v) is 1.21. The van der Waals surface area contributed by atoms with E-state index in [0.717, 1.165) is 17.6 Å². The second-order valence-corrected chi connectivity index (χ2v) is 3.70. The fourth-order valence-electron chi connectivity index (χ4n) is 1.21. The maximum Gasteiger partial charge on any atom is 0.339 e. The van der Waals surface area contributed by atoms with Gasteiger partial charge in [-0.2, -0.15) is 0 Å². The Morgan fingerprint density at radius 2 is 2.19 bits per heavy atom. The Labute approximate surface area is 95.4 Å². The Morgan fingerprint density at radius 1 is 1.50 bits per heavy atom. The van der Waals surface area contributed by atoms with E-state index in [-0.39, 0.29) is 5.56 Å². The number of carboxylic acids is 1. The van der Waals surface area contributed by atoms with E-state index in [1.165, 1.54) is 0 Å². The molecule has 1 rings (SSSR count). The summed E-state index contributed by atoms with van der Waals surface area (Å²) in [4.78, 5) is 10.9. The zero-order valence-corrected chi connectivity index (χ0v) is 9.62. The number of ether oxygens (including phenoxy) is 1. The van der Waals surface area contributed by atoms with Crippen molar-refractivity contribution in [2.75, 3.05) is 6.61 Å². The van der Waals surface area contributed by atoms with E-state index in [4.69, 9.17) is 9.84 Å². The fraction of sp³-hybridized carbons (Fsp3) is 0.308. The lowest BCUT2D eigenvalue weighted by Crippen LogP contribution is -2.05. The molecular weight excluding hydrogens is 204 g/mol. The second kappa shape index (κ2) is 5.35. The van der Waals surface area contributed by atoms with Crippen molar-refractivity contribution in [2.24, 2.45) is 0 Å². The summed E-state index contributed by atoms with van der Waals surface area (Å²) in [6.07, 6.45) is 0.828. The molecule has 0 aromatic heterocycles. The number of aryl methyl sites for hydroxylation is 1. The Bertz CT molecular complexity index is 408. The highest BCUT2D eigenvalue weighted by molar-refractivity contribution is 5.90. The summed E-state index contributed by atoms with van der Waals surface area (Å²) < 4.78 is 5.45. The van der Waals surface area contributed by atoms with Crippen LogP contribution in [0, 0.1) is 6.92 Å². The smallest absolute Gasteiger partial charge is 0.339 e. The molecule has 0 aliphatic rings. The summed E-state index contributed by atoms with van der Waals surface area (Å²) in [5, 5.41) is 8.98. The number of aromatic carboxylic acids is 1. The molecule has 86 valence electrons. The van der Waals surface area contributed by atoms with Crippen LogP contribution in [0.5, 0.6) is 5.75 Å². The van der Waals surface area contributed by atoms with Crippen molar-refractivity contribution in [3.8, 4) is 5.75 Å². The van der Waals surface area contributed by atoms with Crippen molar-refractivity contribution < 1.29 is 14.6 Å². The van der Waals surface area contributed by atoms with Gasteiger partial charge in [-0.3, -0.25) is 0 Å². The highest BCUT2D eigenvalue weighted by atomic mass is 16.5. The van der Waals surface area contributed by atoms with Gasteiger partial charge in [0.2, 0.25) is 0 Å². The molecule has 0 bridgehead atoms. The monoisotopic (exact) mass is 220 g/mol. The summed E-state index contributed by atoms with van der Waals surface area (Å²) in [7, 11) is 0. The number of hydrogen-bond acceptors (Lipinski definition) is 2. The van der Waals surface area contributed by atoms with Crippen LogP contribution < -0.4 is 4.74 Å². The predicted molar refractivity (Wildman–Crippen MR) is 63.1 cm³/mol. The Hall–Kier alpha value is -1.77. The lowest BCUT2D eigenvalue weighted by atomic mass is 10.1. The number of hydrogen-bond donors (Lipinski definition) is 1. The molecule has 0 heterocycles. The quantitative estimate of drug-likeness (QED) is 0.776. The van der Waals surface area contributed by atoms with Gasteiger partial charge >= 0.3 is 5.97 Å². The van der Waals surface area contributed by atoms with Crippen LogP contribution in [0.2, 0.25) is 0 Å². The first-order valence-electron chi connectivity index (χ1n) is 5.18. The van der Waals surface area contributed by atoms with Crippen molar-refractivity contribution in [3.63, 3.8) is 0 Å². The minimum Gasteiger partial charge on any atom is -0.488 e.